The molecule has 0 aliphatic rings. The summed E-state index contributed by atoms with van der Waals surface area (Å²) in [6.45, 7) is 0. The average Bonchev–Trinajstić information content (AvgIpc) is 3.12. The van der Waals surface area contributed by atoms with Crippen molar-refractivity contribution in [3.63, 3.8) is 0 Å². The van der Waals surface area contributed by atoms with E-state index in [-0.39, 0.29) is 0 Å². The third-order valence-electron chi connectivity index (χ3n) is 3.48. The first-order valence-electron chi connectivity index (χ1n) is 7.17. The third kappa shape index (κ3) is 2.57. The SMILES string of the molecule is N#Cc1cc(-c2ncnc3scnc23)ccc1Oc1ccccc1. The maximum atomic E-state index is 9.46. The molecule has 0 fully saturated rings. The molecule has 2 aromatic heterocycles. The highest BCUT2D eigenvalue weighted by molar-refractivity contribution is 7.16. The van der Waals surface area contributed by atoms with E-state index in [4.69, 9.17) is 4.74 Å². The van der Waals surface area contributed by atoms with E-state index in [1.165, 1.54) is 17.7 Å². The van der Waals surface area contributed by atoms with Crippen molar-refractivity contribution in [1.29, 1.82) is 5.26 Å². The third-order valence-corrected chi connectivity index (χ3v) is 4.21. The Balaban J connectivity index is 1.77. The molecular weight excluding hydrogens is 320 g/mol. The lowest BCUT2D eigenvalue weighted by Crippen LogP contribution is -1.92. The van der Waals surface area contributed by atoms with Crippen molar-refractivity contribution in [3.05, 3.63) is 65.9 Å². The van der Waals surface area contributed by atoms with E-state index in [0.29, 0.717) is 22.8 Å². The second-order valence-electron chi connectivity index (χ2n) is 4.97. The van der Waals surface area contributed by atoms with Crippen LogP contribution in [0.15, 0.2) is 60.4 Å². The molecule has 0 spiro atoms. The molecule has 6 heteroatoms. The van der Waals surface area contributed by atoms with Crippen molar-refractivity contribution >= 4 is 21.7 Å². The van der Waals surface area contributed by atoms with Gasteiger partial charge in [-0.25, -0.2) is 15.0 Å². The summed E-state index contributed by atoms with van der Waals surface area (Å²) < 4.78 is 5.79. The molecule has 4 aromatic rings. The molecule has 4 rings (SSSR count). The average molecular weight is 330 g/mol. The van der Waals surface area contributed by atoms with Crippen molar-refractivity contribution in [2.75, 3.05) is 0 Å². The first kappa shape index (κ1) is 14.3. The number of para-hydroxylation sites is 1. The molecule has 2 heterocycles. The van der Waals surface area contributed by atoms with Gasteiger partial charge in [0.05, 0.1) is 11.1 Å². The van der Waals surface area contributed by atoms with Gasteiger partial charge in [-0.15, -0.1) is 11.3 Å². The molecule has 0 radical (unpaired) electrons. The first-order chi connectivity index (χ1) is 11.8. The minimum absolute atomic E-state index is 0.443. The van der Waals surface area contributed by atoms with Crippen LogP contribution in [-0.4, -0.2) is 15.0 Å². The summed E-state index contributed by atoms with van der Waals surface area (Å²) >= 11 is 1.46. The zero-order valence-corrected chi connectivity index (χ0v) is 13.2. The summed E-state index contributed by atoms with van der Waals surface area (Å²) in [5, 5.41) is 9.46. The number of aromatic nitrogens is 3. The van der Waals surface area contributed by atoms with E-state index < -0.39 is 0 Å². The van der Waals surface area contributed by atoms with Crippen LogP contribution in [0.4, 0.5) is 0 Å². The normalized spacial score (nSPS) is 10.5. The van der Waals surface area contributed by atoms with Crippen LogP contribution in [0.3, 0.4) is 0 Å². The number of nitriles is 1. The highest BCUT2D eigenvalue weighted by Crippen LogP contribution is 2.31. The fourth-order valence-electron chi connectivity index (χ4n) is 2.37. The number of nitrogens with zero attached hydrogens (tertiary/aromatic N) is 4. The van der Waals surface area contributed by atoms with E-state index in [1.807, 2.05) is 36.4 Å². The molecule has 0 N–H and O–H groups in total. The van der Waals surface area contributed by atoms with Gasteiger partial charge in [0, 0.05) is 5.56 Å². The summed E-state index contributed by atoms with van der Waals surface area (Å²) in [6.07, 6.45) is 1.51. The Hall–Kier alpha value is -3.30. The van der Waals surface area contributed by atoms with Crippen LogP contribution >= 0.6 is 11.3 Å². The zero-order chi connectivity index (χ0) is 16.4. The number of hydrogen-bond acceptors (Lipinski definition) is 6. The van der Waals surface area contributed by atoms with Gasteiger partial charge >= 0.3 is 0 Å². The second-order valence-corrected chi connectivity index (χ2v) is 5.80. The van der Waals surface area contributed by atoms with Gasteiger partial charge in [0.25, 0.3) is 0 Å². The van der Waals surface area contributed by atoms with Crippen molar-refractivity contribution < 1.29 is 4.74 Å². The van der Waals surface area contributed by atoms with Crippen molar-refractivity contribution in [2.45, 2.75) is 0 Å². The van der Waals surface area contributed by atoms with Gasteiger partial charge in [0.15, 0.2) is 0 Å². The molecule has 0 unspecified atom stereocenters. The van der Waals surface area contributed by atoms with Gasteiger partial charge in [0.1, 0.15) is 39.9 Å². The Morgan fingerprint density at radius 1 is 1.00 bits per heavy atom. The number of rotatable bonds is 3. The summed E-state index contributed by atoms with van der Waals surface area (Å²) in [4.78, 5) is 13.7. The Kier molecular flexibility index (Phi) is 3.61. The van der Waals surface area contributed by atoms with Gasteiger partial charge in [-0.1, -0.05) is 18.2 Å². The molecule has 0 aliphatic carbocycles. The van der Waals surface area contributed by atoms with Gasteiger partial charge in [-0.3, -0.25) is 0 Å². The van der Waals surface area contributed by atoms with Crippen molar-refractivity contribution in [3.8, 4) is 28.8 Å². The fraction of sp³-hybridized carbons (Fsp3) is 0. The quantitative estimate of drug-likeness (QED) is 0.556. The van der Waals surface area contributed by atoms with E-state index in [1.54, 1.807) is 17.6 Å². The Morgan fingerprint density at radius 3 is 2.71 bits per heavy atom. The van der Waals surface area contributed by atoms with Gasteiger partial charge in [0.2, 0.25) is 0 Å². The maximum absolute atomic E-state index is 9.46. The van der Waals surface area contributed by atoms with Gasteiger partial charge in [-0.2, -0.15) is 5.26 Å². The molecule has 5 nitrogen and oxygen atoms in total. The monoisotopic (exact) mass is 330 g/mol. The predicted octanol–water partition coefficient (Wildman–Crippen LogP) is 4.42. The molecule has 2 aromatic carbocycles. The van der Waals surface area contributed by atoms with Crippen LogP contribution < -0.4 is 4.74 Å². The summed E-state index contributed by atoms with van der Waals surface area (Å²) in [7, 11) is 0. The predicted molar refractivity (Wildman–Crippen MR) is 91.9 cm³/mol. The highest BCUT2D eigenvalue weighted by Gasteiger charge is 2.12. The number of thiazole rings is 1. The molecule has 114 valence electrons. The molecule has 24 heavy (non-hydrogen) atoms. The van der Waals surface area contributed by atoms with Gasteiger partial charge in [-0.05, 0) is 30.3 Å². The zero-order valence-electron chi connectivity index (χ0n) is 12.4. The Bertz CT molecular complexity index is 1050. The smallest absolute Gasteiger partial charge is 0.147 e. The lowest BCUT2D eigenvalue weighted by atomic mass is 10.1. The lowest BCUT2D eigenvalue weighted by Gasteiger charge is -2.09. The largest absolute Gasteiger partial charge is 0.456 e. The van der Waals surface area contributed by atoms with E-state index >= 15 is 0 Å². The van der Waals surface area contributed by atoms with Crippen LogP contribution in [0.25, 0.3) is 21.6 Å². The molecule has 0 aliphatic heterocycles. The standard InChI is InChI=1S/C18H10N4OS/c19-9-13-8-12(16-17-18(21-10-20-16)24-11-22-17)6-7-15(13)23-14-4-2-1-3-5-14/h1-8,10-11H. The first-order valence-corrected chi connectivity index (χ1v) is 8.05. The number of hydrogen-bond donors (Lipinski definition) is 0. The Morgan fingerprint density at radius 2 is 1.88 bits per heavy atom. The van der Waals surface area contributed by atoms with Crippen LogP contribution in [0.2, 0.25) is 0 Å². The van der Waals surface area contributed by atoms with Crippen LogP contribution in [0.5, 0.6) is 11.5 Å². The maximum Gasteiger partial charge on any atom is 0.147 e. The molecule has 0 saturated carbocycles. The van der Waals surface area contributed by atoms with Crippen molar-refractivity contribution in [2.24, 2.45) is 0 Å². The fourth-order valence-corrected chi connectivity index (χ4v) is 3.00. The molecule has 0 amide bonds. The minimum Gasteiger partial charge on any atom is -0.456 e. The van der Waals surface area contributed by atoms with E-state index in [2.05, 4.69) is 21.0 Å². The lowest BCUT2D eigenvalue weighted by molar-refractivity contribution is 0.481. The number of benzene rings is 2. The highest BCUT2D eigenvalue weighted by atomic mass is 32.1. The number of fused-ring (bicyclic) bond motifs is 1. The molecule has 0 bridgehead atoms. The van der Waals surface area contributed by atoms with E-state index in [9.17, 15) is 5.26 Å². The number of ether oxygens (including phenoxy) is 1. The molecular formula is C18H10N4OS. The molecule has 0 saturated heterocycles. The van der Waals surface area contributed by atoms with Gasteiger partial charge < -0.3 is 4.74 Å². The minimum atomic E-state index is 0.443. The van der Waals surface area contributed by atoms with Crippen LogP contribution in [0.1, 0.15) is 5.56 Å². The topological polar surface area (TPSA) is 71.7 Å². The second kappa shape index (κ2) is 6.07. The Labute approximate surface area is 141 Å². The summed E-state index contributed by atoms with van der Waals surface area (Å²) in [6, 6.07) is 17.0. The van der Waals surface area contributed by atoms with Crippen molar-refractivity contribution in [1.82, 2.24) is 15.0 Å². The molecule has 0 atom stereocenters. The summed E-state index contributed by atoms with van der Waals surface area (Å²) in [5.41, 5.74) is 4.44. The summed E-state index contributed by atoms with van der Waals surface area (Å²) in [5.74, 6) is 1.20. The van der Waals surface area contributed by atoms with Crippen LogP contribution in [-0.2, 0) is 0 Å². The van der Waals surface area contributed by atoms with E-state index in [0.717, 1.165) is 15.9 Å². The van der Waals surface area contributed by atoms with Crippen LogP contribution in [0, 0.1) is 11.3 Å².